The molecular formula is C16H15N3O3S. The minimum atomic E-state index is -0.514. The Labute approximate surface area is 137 Å². The maximum Gasteiger partial charge on any atom is 0.288 e. The van der Waals surface area contributed by atoms with Crippen molar-refractivity contribution < 1.29 is 9.72 Å². The third kappa shape index (κ3) is 2.75. The number of carbonyl (C=O) groups excluding carboxylic acids is 1. The molecule has 0 fully saturated rings. The lowest BCUT2D eigenvalue weighted by Crippen LogP contribution is -2.04. The number of pyridine rings is 1. The molecule has 1 amide bonds. The van der Waals surface area contributed by atoms with Crippen LogP contribution in [0.5, 0.6) is 0 Å². The molecule has 0 atom stereocenters. The number of aromatic nitrogens is 1. The summed E-state index contributed by atoms with van der Waals surface area (Å²) in [5.41, 5.74) is 1.94. The number of rotatable bonds is 3. The minimum absolute atomic E-state index is 0.128. The summed E-state index contributed by atoms with van der Waals surface area (Å²) in [5.74, 6) is 0.494. The van der Waals surface area contributed by atoms with Crippen LogP contribution in [-0.2, 0) is 4.79 Å². The SMILES string of the molecule is Cc1cc(C=C2C(=O)Nc3ncc([N+](=O)[O-])cc32)sc1C(C)C. The van der Waals surface area contributed by atoms with E-state index in [1.54, 1.807) is 17.4 Å². The van der Waals surface area contributed by atoms with Crippen LogP contribution >= 0.6 is 11.3 Å². The molecule has 0 radical (unpaired) electrons. The van der Waals surface area contributed by atoms with Crippen molar-refractivity contribution in [3.63, 3.8) is 0 Å². The van der Waals surface area contributed by atoms with E-state index in [1.807, 2.05) is 13.0 Å². The van der Waals surface area contributed by atoms with Crippen LogP contribution in [0.3, 0.4) is 0 Å². The molecule has 3 rings (SSSR count). The van der Waals surface area contributed by atoms with Crippen LogP contribution < -0.4 is 5.32 Å². The lowest BCUT2D eigenvalue weighted by molar-refractivity contribution is -0.385. The predicted octanol–water partition coefficient (Wildman–Crippen LogP) is 3.98. The van der Waals surface area contributed by atoms with E-state index in [4.69, 9.17) is 0 Å². The average Bonchev–Trinajstić information content (AvgIpc) is 2.99. The van der Waals surface area contributed by atoms with Crippen molar-refractivity contribution >= 4 is 40.4 Å². The molecule has 1 aliphatic rings. The van der Waals surface area contributed by atoms with Crippen molar-refractivity contribution in [3.8, 4) is 0 Å². The first-order valence-corrected chi connectivity index (χ1v) is 7.96. The quantitative estimate of drug-likeness (QED) is 0.524. The maximum absolute atomic E-state index is 12.2. The fourth-order valence-electron chi connectivity index (χ4n) is 2.61. The van der Waals surface area contributed by atoms with E-state index in [-0.39, 0.29) is 11.6 Å². The summed E-state index contributed by atoms with van der Waals surface area (Å²) in [7, 11) is 0. The zero-order valence-corrected chi connectivity index (χ0v) is 13.7. The lowest BCUT2D eigenvalue weighted by atomic mass is 10.1. The van der Waals surface area contributed by atoms with Gasteiger partial charge in [-0.1, -0.05) is 13.8 Å². The van der Waals surface area contributed by atoms with Crippen LogP contribution in [0.25, 0.3) is 11.6 Å². The molecule has 0 spiro atoms. The summed E-state index contributed by atoms with van der Waals surface area (Å²) in [6.45, 7) is 6.30. The summed E-state index contributed by atoms with van der Waals surface area (Å²) in [6, 6.07) is 3.42. The van der Waals surface area contributed by atoms with E-state index in [9.17, 15) is 14.9 Å². The van der Waals surface area contributed by atoms with Gasteiger partial charge in [-0.2, -0.15) is 0 Å². The van der Waals surface area contributed by atoms with Gasteiger partial charge in [-0.25, -0.2) is 4.98 Å². The molecule has 0 unspecified atom stereocenters. The molecule has 0 bridgehead atoms. The number of aryl methyl sites for hydroxylation is 1. The van der Waals surface area contributed by atoms with Crippen LogP contribution in [0.15, 0.2) is 18.3 Å². The molecule has 2 aromatic heterocycles. The number of fused-ring (bicyclic) bond motifs is 1. The first kappa shape index (κ1) is 15.4. The summed E-state index contributed by atoms with van der Waals surface area (Å²) in [6.07, 6.45) is 2.92. The van der Waals surface area contributed by atoms with Crippen molar-refractivity contribution in [2.75, 3.05) is 5.32 Å². The second-order valence-corrected chi connectivity index (χ2v) is 6.83. The maximum atomic E-state index is 12.2. The number of hydrogen-bond donors (Lipinski definition) is 1. The van der Waals surface area contributed by atoms with Crippen molar-refractivity contribution in [1.82, 2.24) is 4.98 Å². The van der Waals surface area contributed by atoms with Gasteiger partial charge in [-0.3, -0.25) is 14.9 Å². The molecule has 1 aliphatic heterocycles. The number of thiophene rings is 1. The highest BCUT2D eigenvalue weighted by molar-refractivity contribution is 7.13. The van der Waals surface area contributed by atoms with Gasteiger partial charge < -0.3 is 5.32 Å². The molecule has 1 N–H and O–H groups in total. The van der Waals surface area contributed by atoms with Crippen LogP contribution in [0, 0.1) is 17.0 Å². The number of nitrogens with one attached hydrogen (secondary N) is 1. The molecule has 7 heteroatoms. The summed E-state index contributed by atoms with van der Waals surface area (Å²) >= 11 is 1.63. The third-order valence-electron chi connectivity index (χ3n) is 3.64. The Bertz CT molecular complexity index is 852. The first-order valence-electron chi connectivity index (χ1n) is 7.15. The van der Waals surface area contributed by atoms with Crippen LogP contribution in [0.1, 0.15) is 40.6 Å². The highest BCUT2D eigenvalue weighted by Crippen LogP contribution is 2.36. The van der Waals surface area contributed by atoms with Gasteiger partial charge in [0.15, 0.2) is 0 Å². The van der Waals surface area contributed by atoms with Crippen molar-refractivity contribution in [2.45, 2.75) is 26.7 Å². The standard InChI is InChI=1S/C16H15N3O3S/c1-8(2)14-9(3)4-11(23-14)6-13-12-5-10(19(21)22)7-17-15(12)18-16(13)20/h4-8H,1-3H3,(H,17,18,20). The van der Waals surface area contributed by atoms with Gasteiger partial charge >= 0.3 is 0 Å². The number of carbonyl (C=O) groups is 1. The Balaban J connectivity index is 2.07. The second-order valence-electron chi connectivity index (χ2n) is 5.71. The number of nitro groups is 1. The molecule has 118 valence electrons. The molecule has 3 heterocycles. The van der Waals surface area contributed by atoms with E-state index >= 15 is 0 Å². The van der Waals surface area contributed by atoms with Gasteiger partial charge in [0.1, 0.15) is 12.0 Å². The van der Waals surface area contributed by atoms with Gasteiger partial charge in [0, 0.05) is 21.4 Å². The van der Waals surface area contributed by atoms with E-state index in [1.165, 1.54) is 16.5 Å². The molecule has 0 saturated heterocycles. The van der Waals surface area contributed by atoms with Crippen LogP contribution in [0.4, 0.5) is 11.5 Å². The smallest absolute Gasteiger partial charge is 0.288 e. The first-order chi connectivity index (χ1) is 10.9. The van der Waals surface area contributed by atoms with Gasteiger partial charge in [0.05, 0.1) is 10.5 Å². The topological polar surface area (TPSA) is 85.1 Å². The number of amides is 1. The Hall–Kier alpha value is -2.54. The molecule has 0 aromatic carbocycles. The fraction of sp³-hybridized carbons (Fsp3) is 0.250. The van der Waals surface area contributed by atoms with Gasteiger partial charge in [-0.05, 0) is 30.5 Å². The largest absolute Gasteiger partial charge is 0.306 e. The number of anilines is 1. The van der Waals surface area contributed by atoms with Crippen LogP contribution in [-0.4, -0.2) is 15.8 Å². The molecule has 23 heavy (non-hydrogen) atoms. The Kier molecular flexibility index (Phi) is 3.73. The van der Waals surface area contributed by atoms with Gasteiger partial charge in [0.25, 0.3) is 11.6 Å². The van der Waals surface area contributed by atoms with Crippen molar-refractivity contribution in [3.05, 3.63) is 49.3 Å². The van der Waals surface area contributed by atoms with Gasteiger partial charge in [-0.15, -0.1) is 11.3 Å². The normalized spacial score (nSPS) is 15.1. The monoisotopic (exact) mass is 329 g/mol. The zero-order valence-electron chi connectivity index (χ0n) is 12.9. The molecule has 0 saturated carbocycles. The Morgan fingerprint density at radius 3 is 2.74 bits per heavy atom. The van der Waals surface area contributed by atoms with E-state index < -0.39 is 4.92 Å². The van der Waals surface area contributed by atoms with Crippen molar-refractivity contribution in [1.29, 1.82) is 0 Å². The highest BCUT2D eigenvalue weighted by atomic mass is 32.1. The second kappa shape index (κ2) is 5.58. The Morgan fingerprint density at radius 1 is 1.39 bits per heavy atom. The molecule has 0 aliphatic carbocycles. The molecular weight excluding hydrogens is 314 g/mol. The van der Waals surface area contributed by atoms with E-state index in [2.05, 4.69) is 24.1 Å². The fourth-order valence-corrected chi connectivity index (χ4v) is 3.73. The molecule has 2 aromatic rings. The van der Waals surface area contributed by atoms with E-state index in [0.29, 0.717) is 22.9 Å². The summed E-state index contributed by atoms with van der Waals surface area (Å²) < 4.78 is 0. The van der Waals surface area contributed by atoms with Crippen LogP contribution in [0.2, 0.25) is 0 Å². The lowest BCUT2D eigenvalue weighted by Gasteiger charge is -2.00. The molecule has 6 nitrogen and oxygen atoms in total. The summed E-state index contributed by atoms with van der Waals surface area (Å²) in [4.78, 5) is 28.7. The average molecular weight is 329 g/mol. The number of hydrogen-bond acceptors (Lipinski definition) is 5. The Morgan fingerprint density at radius 2 is 2.13 bits per heavy atom. The van der Waals surface area contributed by atoms with Gasteiger partial charge in [0.2, 0.25) is 0 Å². The van der Waals surface area contributed by atoms with Crippen molar-refractivity contribution in [2.24, 2.45) is 0 Å². The highest BCUT2D eigenvalue weighted by Gasteiger charge is 2.28. The summed E-state index contributed by atoms with van der Waals surface area (Å²) in [5, 5.41) is 13.6. The zero-order chi connectivity index (χ0) is 16.7. The third-order valence-corrected chi connectivity index (χ3v) is 5.12. The number of nitrogens with zero attached hydrogens (tertiary/aromatic N) is 2. The predicted molar refractivity (Wildman–Crippen MR) is 90.5 cm³/mol. The van der Waals surface area contributed by atoms with E-state index in [0.717, 1.165) is 11.1 Å². The minimum Gasteiger partial charge on any atom is -0.306 e.